The van der Waals surface area contributed by atoms with E-state index in [1.807, 2.05) is 0 Å². The number of hydrogen-bond acceptors (Lipinski definition) is 5. The van der Waals surface area contributed by atoms with Crippen molar-refractivity contribution in [2.75, 3.05) is 19.0 Å². The second-order valence-corrected chi connectivity index (χ2v) is 5.42. The summed E-state index contributed by atoms with van der Waals surface area (Å²) in [5, 5.41) is 2.56. The van der Waals surface area contributed by atoms with Crippen molar-refractivity contribution in [1.82, 2.24) is 9.55 Å². The lowest BCUT2D eigenvalue weighted by atomic mass is 9.94. The van der Waals surface area contributed by atoms with Gasteiger partial charge in [-0.05, 0) is 19.9 Å². The van der Waals surface area contributed by atoms with Crippen molar-refractivity contribution >= 4 is 17.8 Å². The molecule has 1 heterocycles. The number of methoxy groups -OCH3 is 1. The number of aromatic nitrogens is 2. The van der Waals surface area contributed by atoms with Crippen molar-refractivity contribution in [2.24, 2.45) is 7.05 Å². The van der Waals surface area contributed by atoms with Gasteiger partial charge in [0, 0.05) is 19.7 Å². The van der Waals surface area contributed by atoms with Gasteiger partial charge in [-0.2, -0.15) is 0 Å². The van der Waals surface area contributed by atoms with Gasteiger partial charge in [-0.1, -0.05) is 18.2 Å². The van der Waals surface area contributed by atoms with Crippen LogP contribution in [0.15, 0.2) is 30.5 Å². The molecule has 1 amide bonds. The first-order valence-electron chi connectivity index (χ1n) is 7.65. The first-order valence-corrected chi connectivity index (χ1v) is 7.65. The van der Waals surface area contributed by atoms with Crippen LogP contribution >= 0.6 is 0 Å². The molecule has 2 rings (SSSR count). The molecule has 1 aromatic carbocycles. The van der Waals surface area contributed by atoms with E-state index in [0.29, 0.717) is 0 Å². The third kappa shape index (κ3) is 3.53. The maximum Gasteiger partial charge on any atom is 0.356 e. The highest BCUT2D eigenvalue weighted by Crippen LogP contribution is 2.28. The number of hydrogen-bond donors (Lipinski definition) is 1. The Morgan fingerprint density at radius 3 is 2.64 bits per heavy atom. The van der Waals surface area contributed by atoms with Crippen LogP contribution in [0.1, 0.15) is 29.9 Å². The van der Waals surface area contributed by atoms with Gasteiger partial charge in [-0.15, -0.1) is 0 Å². The minimum absolute atomic E-state index is 0.0924. The van der Waals surface area contributed by atoms with E-state index >= 15 is 0 Å². The Labute approximate surface area is 144 Å². The standard InChI is InChI=1S/C17H20FN3O4/c1-5-25-14(22)13-10-19-16(21(13)3)20-15(23)17(2,24-4)11-8-6-7-9-12(11)18/h6-10H,5H2,1-4H3,(H,19,20,23). The fraction of sp³-hybridized carbons (Fsp3) is 0.353. The average molecular weight is 349 g/mol. The third-order valence-corrected chi connectivity index (χ3v) is 3.93. The molecule has 1 atom stereocenters. The molecule has 1 aromatic heterocycles. The Hall–Kier alpha value is -2.74. The van der Waals surface area contributed by atoms with Crippen molar-refractivity contribution in [1.29, 1.82) is 0 Å². The Kier molecular flexibility index (Phi) is 5.53. The molecular weight excluding hydrogens is 329 g/mol. The van der Waals surface area contributed by atoms with Gasteiger partial charge >= 0.3 is 5.97 Å². The maximum atomic E-state index is 14.1. The van der Waals surface area contributed by atoms with Gasteiger partial charge in [0.05, 0.1) is 12.8 Å². The lowest BCUT2D eigenvalue weighted by Crippen LogP contribution is -2.40. The van der Waals surface area contributed by atoms with Crippen molar-refractivity contribution in [2.45, 2.75) is 19.4 Å². The maximum absolute atomic E-state index is 14.1. The number of halogens is 1. The normalized spacial score (nSPS) is 13.2. The van der Waals surface area contributed by atoms with E-state index in [1.54, 1.807) is 20.0 Å². The number of rotatable bonds is 6. The van der Waals surface area contributed by atoms with Crippen LogP contribution in [0, 0.1) is 5.82 Å². The Morgan fingerprint density at radius 1 is 1.36 bits per heavy atom. The lowest BCUT2D eigenvalue weighted by molar-refractivity contribution is -0.137. The number of nitrogens with one attached hydrogen (secondary N) is 1. The summed E-state index contributed by atoms with van der Waals surface area (Å²) >= 11 is 0. The molecule has 8 heteroatoms. The van der Waals surface area contributed by atoms with Gasteiger partial charge in [0.2, 0.25) is 5.95 Å². The molecule has 25 heavy (non-hydrogen) atoms. The summed E-state index contributed by atoms with van der Waals surface area (Å²) in [6, 6.07) is 5.86. The number of nitrogens with zero attached hydrogens (tertiary/aromatic N) is 2. The summed E-state index contributed by atoms with van der Waals surface area (Å²) in [6.45, 7) is 3.37. The molecule has 0 spiro atoms. The van der Waals surface area contributed by atoms with E-state index in [2.05, 4.69) is 10.3 Å². The highest BCUT2D eigenvalue weighted by molar-refractivity contribution is 5.97. The van der Waals surface area contributed by atoms with E-state index in [1.165, 1.54) is 43.0 Å². The molecule has 7 nitrogen and oxygen atoms in total. The van der Waals surface area contributed by atoms with Crippen molar-refractivity contribution < 1.29 is 23.5 Å². The predicted octanol–water partition coefficient (Wildman–Crippen LogP) is 2.24. The predicted molar refractivity (Wildman–Crippen MR) is 88.6 cm³/mol. The fourth-order valence-corrected chi connectivity index (χ4v) is 2.31. The average Bonchev–Trinajstić information content (AvgIpc) is 2.95. The van der Waals surface area contributed by atoms with Crippen LogP contribution < -0.4 is 5.32 Å². The second kappa shape index (κ2) is 7.43. The quantitative estimate of drug-likeness (QED) is 0.809. The lowest BCUT2D eigenvalue weighted by Gasteiger charge is -2.27. The SMILES string of the molecule is CCOC(=O)c1cnc(NC(=O)C(C)(OC)c2ccccc2F)n1C. The topological polar surface area (TPSA) is 82.4 Å². The molecule has 0 saturated heterocycles. The van der Waals surface area contributed by atoms with Gasteiger partial charge in [-0.3, -0.25) is 10.1 Å². The number of amides is 1. The van der Waals surface area contributed by atoms with Crippen LogP contribution in [-0.2, 0) is 26.9 Å². The second-order valence-electron chi connectivity index (χ2n) is 5.42. The minimum atomic E-state index is -1.57. The fourth-order valence-electron chi connectivity index (χ4n) is 2.31. The molecule has 2 aromatic rings. The summed E-state index contributed by atoms with van der Waals surface area (Å²) < 4.78 is 25.7. The number of esters is 1. The Bertz CT molecular complexity index is 790. The molecular formula is C17H20FN3O4. The van der Waals surface area contributed by atoms with Gasteiger partial charge in [0.1, 0.15) is 11.5 Å². The van der Waals surface area contributed by atoms with E-state index in [0.717, 1.165) is 0 Å². The summed E-state index contributed by atoms with van der Waals surface area (Å²) in [4.78, 5) is 28.5. The van der Waals surface area contributed by atoms with Crippen molar-refractivity contribution in [3.8, 4) is 0 Å². The first-order chi connectivity index (χ1) is 11.8. The van der Waals surface area contributed by atoms with E-state index < -0.39 is 23.3 Å². The van der Waals surface area contributed by atoms with E-state index in [4.69, 9.17) is 9.47 Å². The first kappa shape index (κ1) is 18.6. The summed E-state index contributed by atoms with van der Waals surface area (Å²) in [6.07, 6.45) is 1.29. The molecule has 0 saturated carbocycles. The molecule has 0 aliphatic carbocycles. The molecule has 134 valence electrons. The van der Waals surface area contributed by atoms with Crippen LogP contribution in [-0.4, -0.2) is 35.1 Å². The van der Waals surface area contributed by atoms with Gasteiger partial charge in [0.25, 0.3) is 5.91 Å². The number of ether oxygens (including phenoxy) is 2. The molecule has 0 aliphatic heterocycles. The molecule has 0 fully saturated rings. The molecule has 0 bridgehead atoms. The summed E-state index contributed by atoms with van der Waals surface area (Å²) in [7, 11) is 2.87. The van der Waals surface area contributed by atoms with Gasteiger partial charge in [0.15, 0.2) is 5.60 Å². The number of benzene rings is 1. The van der Waals surface area contributed by atoms with Crippen molar-refractivity contribution in [3.05, 3.63) is 47.5 Å². The molecule has 0 radical (unpaired) electrons. The number of carbonyl (C=O) groups excluding carboxylic acids is 2. The number of carbonyl (C=O) groups is 2. The molecule has 1 N–H and O–H groups in total. The minimum Gasteiger partial charge on any atom is -0.461 e. The zero-order chi connectivity index (χ0) is 18.6. The number of imidazole rings is 1. The van der Waals surface area contributed by atoms with Crippen LogP contribution in [0.25, 0.3) is 0 Å². The van der Waals surface area contributed by atoms with Crippen LogP contribution in [0.4, 0.5) is 10.3 Å². The van der Waals surface area contributed by atoms with E-state index in [9.17, 15) is 14.0 Å². The van der Waals surface area contributed by atoms with Gasteiger partial charge < -0.3 is 14.0 Å². The summed E-state index contributed by atoms with van der Waals surface area (Å²) in [5.74, 6) is -1.62. The smallest absolute Gasteiger partial charge is 0.356 e. The van der Waals surface area contributed by atoms with Crippen LogP contribution in [0.5, 0.6) is 0 Å². The monoisotopic (exact) mass is 349 g/mol. The zero-order valence-corrected chi connectivity index (χ0v) is 14.5. The Morgan fingerprint density at radius 2 is 2.04 bits per heavy atom. The van der Waals surface area contributed by atoms with Gasteiger partial charge in [-0.25, -0.2) is 14.2 Å². The highest BCUT2D eigenvalue weighted by Gasteiger charge is 2.38. The highest BCUT2D eigenvalue weighted by atomic mass is 19.1. The van der Waals surface area contributed by atoms with E-state index in [-0.39, 0.29) is 23.8 Å². The Balaban J connectivity index is 2.29. The van der Waals surface area contributed by atoms with Crippen LogP contribution in [0.3, 0.4) is 0 Å². The largest absolute Gasteiger partial charge is 0.461 e. The summed E-state index contributed by atoms with van der Waals surface area (Å²) in [5.41, 5.74) is -1.29. The zero-order valence-electron chi connectivity index (χ0n) is 14.5. The molecule has 1 unspecified atom stereocenters. The number of anilines is 1. The van der Waals surface area contributed by atoms with Crippen molar-refractivity contribution in [3.63, 3.8) is 0 Å². The molecule has 0 aliphatic rings. The third-order valence-electron chi connectivity index (χ3n) is 3.93. The van der Waals surface area contributed by atoms with Crippen LogP contribution in [0.2, 0.25) is 0 Å².